The maximum absolute atomic E-state index is 9.41. The minimum absolute atomic E-state index is 0.164. The maximum Gasteiger partial charge on any atom is 0.185 e. The number of thiazole rings is 1. The zero-order valence-electron chi connectivity index (χ0n) is 10.2. The summed E-state index contributed by atoms with van der Waals surface area (Å²) in [5.41, 5.74) is 1.19. The highest BCUT2D eigenvalue weighted by Crippen LogP contribution is 2.44. The van der Waals surface area contributed by atoms with Crippen LogP contribution < -0.4 is 4.90 Å². The molecule has 3 nitrogen and oxygen atoms in total. The largest absolute Gasteiger partial charge is 0.391 e. The Morgan fingerprint density at radius 1 is 1.18 bits per heavy atom. The Bertz CT molecular complexity index is 379. The van der Waals surface area contributed by atoms with Gasteiger partial charge in [-0.05, 0) is 25.7 Å². The molecule has 0 atom stereocenters. The Morgan fingerprint density at radius 3 is 2.47 bits per heavy atom. The van der Waals surface area contributed by atoms with Gasteiger partial charge in [-0.15, -0.1) is 0 Å². The highest BCUT2D eigenvalue weighted by molar-refractivity contribution is 7.15. The molecular weight excluding hydrogens is 232 g/mol. The van der Waals surface area contributed by atoms with Crippen LogP contribution in [-0.2, 0) is 6.61 Å². The Morgan fingerprint density at radius 2 is 1.88 bits per heavy atom. The Labute approximate surface area is 106 Å². The third kappa shape index (κ3) is 2.47. The number of aromatic nitrogens is 1. The van der Waals surface area contributed by atoms with E-state index in [1.807, 2.05) is 0 Å². The van der Waals surface area contributed by atoms with Crippen molar-refractivity contribution in [3.05, 3.63) is 10.6 Å². The van der Waals surface area contributed by atoms with Gasteiger partial charge in [0, 0.05) is 19.0 Å². The van der Waals surface area contributed by atoms with Crippen molar-refractivity contribution in [3.63, 3.8) is 0 Å². The Kier molecular flexibility index (Phi) is 3.34. The van der Waals surface area contributed by atoms with Crippen molar-refractivity contribution >= 4 is 16.5 Å². The van der Waals surface area contributed by atoms with Gasteiger partial charge in [0.05, 0.1) is 17.2 Å². The molecule has 4 heteroatoms. The van der Waals surface area contributed by atoms with Gasteiger partial charge in [0.2, 0.25) is 0 Å². The number of hydrogen-bond donors (Lipinski definition) is 1. The average molecular weight is 252 g/mol. The fourth-order valence-corrected chi connectivity index (χ4v) is 3.59. The lowest BCUT2D eigenvalue weighted by Gasteiger charge is -2.18. The molecule has 0 spiro atoms. The first-order chi connectivity index (χ1) is 8.38. The van der Waals surface area contributed by atoms with E-state index in [1.165, 1.54) is 44.2 Å². The summed E-state index contributed by atoms with van der Waals surface area (Å²) in [6.07, 6.45) is 7.79. The summed E-state index contributed by atoms with van der Waals surface area (Å²) in [4.78, 5) is 8.32. The summed E-state index contributed by atoms with van der Waals surface area (Å²) >= 11 is 1.71. The zero-order valence-corrected chi connectivity index (χ0v) is 11.0. The van der Waals surface area contributed by atoms with Crippen LogP contribution >= 0.6 is 11.3 Å². The summed E-state index contributed by atoms with van der Waals surface area (Å²) in [5, 5.41) is 10.6. The molecule has 2 fully saturated rings. The fourth-order valence-electron chi connectivity index (χ4n) is 2.54. The van der Waals surface area contributed by atoms with Gasteiger partial charge in [-0.3, -0.25) is 0 Å². The number of rotatable bonds is 3. The molecule has 1 saturated carbocycles. The van der Waals surface area contributed by atoms with E-state index in [-0.39, 0.29) is 6.61 Å². The molecular formula is C13H20N2OS. The number of anilines is 1. The predicted molar refractivity (Wildman–Crippen MR) is 70.7 cm³/mol. The standard InChI is InChI=1S/C13H20N2OS/c16-9-11-12(10-5-6-10)14-13(17-11)15-7-3-1-2-4-8-15/h10,16H,1-9H2. The van der Waals surface area contributed by atoms with Gasteiger partial charge in [-0.2, -0.15) is 0 Å². The van der Waals surface area contributed by atoms with Crippen LogP contribution in [0.5, 0.6) is 0 Å². The van der Waals surface area contributed by atoms with Crippen LogP contribution in [0.25, 0.3) is 0 Å². The summed E-state index contributed by atoms with van der Waals surface area (Å²) in [5.74, 6) is 0.647. The van der Waals surface area contributed by atoms with Crippen LogP contribution in [0.15, 0.2) is 0 Å². The number of aliphatic hydroxyl groups is 1. The van der Waals surface area contributed by atoms with E-state index < -0.39 is 0 Å². The third-order valence-corrected chi connectivity index (χ3v) is 4.82. The Balaban J connectivity index is 1.81. The summed E-state index contributed by atoms with van der Waals surface area (Å²) in [6.45, 7) is 2.45. The molecule has 1 aliphatic heterocycles. The van der Waals surface area contributed by atoms with Crippen LogP contribution in [0.1, 0.15) is 55.0 Å². The first kappa shape index (κ1) is 11.5. The van der Waals surface area contributed by atoms with Crippen LogP contribution in [0, 0.1) is 0 Å². The van der Waals surface area contributed by atoms with Gasteiger partial charge in [-0.1, -0.05) is 24.2 Å². The van der Waals surface area contributed by atoms with Crippen molar-refractivity contribution in [2.75, 3.05) is 18.0 Å². The van der Waals surface area contributed by atoms with Crippen LogP contribution in [0.4, 0.5) is 5.13 Å². The van der Waals surface area contributed by atoms with E-state index >= 15 is 0 Å². The minimum Gasteiger partial charge on any atom is -0.391 e. The lowest BCUT2D eigenvalue weighted by molar-refractivity contribution is 0.284. The molecule has 0 aromatic carbocycles. The van der Waals surface area contributed by atoms with Gasteiger partial charge in [-0.25, -0.2) is 4.98 Å². The molecule has 1 N–H and O–H groups in total. The summed E-state index contributed by atoms with van der Waals surface area (Å²) in [7, 11) is 0. The van der Waals surface area contributed by atoms with E-state index in [0.717, 1.165) is 23.1 Å². The Hall–Kier alpha value is -0.610. The van der Waals surface area contributed by atoms with Gasteiger partial charge >= 0.3 is 0 Å². The van der Waals surface area contributed by atoms with Crippen molar-refractivity contribution in [2.24, 2.45) is 0 Å². The van der Waals surface area contributed by atoms with Crippen LogP contribution in [-0.4, -0.2) is 23.2 Å². The number of aliphatic hydroxyl groups excluding tert-OH is 1. The first-order valence-electron chi connectivity index (χ1n) is 6.74. The summed E-state index contributed by atoms with van der Waals surface area (Å²) in [6, 6.07) is 0. The van der Waals surface area contributed by atoms with Crippen molar-refractivity contribution in [2.45, 2.75) is 51.0 Å². The maximum atomic E-state index is 9.41. The first-order valence-corrected chi connectivity index (χ1v) is 7.55. The van der Waals surface area contributed by atoms with Crippen molar-refractivity contribution in [1.82, 2.24) is 4.98 Å². The van der Waals surface area contributed by atoms with E-state index in [1.54, 1.807) is 11.3 Å². The monoisotopic (exact) mass is 252 g/mol. The van der Waals surface area contributed by atoms with Crippen LogP contribution in [0.3, 0.4) is 0 Å². The quantitative estimate of drug-likeness (QED) is 0.898. The molecule has 0 unspecified atom stereocenters. The zero-order chi connectivity index (χ0) is 11.7. The second-order valence-corrected chi connectivity index (χ2v) is 6.20. The molecule has 1 aromatic heterocycles. The van der Waals surface area contributed by atoms with E-state index in [9.17, 15) is 5.11 Å². The number of nitrogens with zero attached hydrogens (tertiary/aromatic N) is 2. The number of hydrogen-bond acceptors (Lipinski definition) is 4. The van der Waals surface area contributed by atoms with E-state index in [0.29, 0.717) is 5.92 Å². The molecule has 2 aliphatic rings. The normalized spacial score (nSPS) is 21.6. The highest BCUT2D eigenvalue weighted by Gasteiger charge is 2.30. The second kappa shape index (κ2) is 4.94. The SMILES string of the molecule is OCc1sc(N2CCCCCC2)nc1C1CC1. The van der Waals surface area contributed by atoms with E-state index in [2.05, 4.69) is 4.90 Å². The van der Waals surface area contributed by atoms with Gasteiger partial charge in [0.15, 0.2) is 5.13 Å². The topological polar surface area (TPSA) is 36.4 Å². The third-order valence-electron chi connectivity index (χ3n) is 3.70. The molecule has 1 saturated heterocycles. The molecule has 3 rings (SSSR count). The van der Waals surface area contributed by atoms with Crippen molar-refractivity contribution < 1.29 is 5.11 Å². The molecule has 94 valence electrons. The van der Waals surface area contributed by atoms with Gasteiger partial charge in [0.25, 0.3) is 0 Å². The van der Waals surface area contributed by atoms with E-state index in [4.69, 9.17) is 4.98 Å². The predicted octanol–water partition coefficient (Wildman–Crippen LogP) is 2.89. The van der Waals surface area contributed by atoms with Gasteiger partial charge < -0.3 is 10.0 Å². The molecule has 0 radical (unpaired) electrons. The molecule has 17 heavy (non-hydrogen) atoms. The molecule has 1 aromatic rings. The summed E-state index contributed by atoms with van der Waals surface area (Å²) < 4.78 is 0. The highest BCUT2D eigenvalue weighted by atomic mass is 32.1. The lowest BCUT2D eigenvalue weighted by Crippen LogP contribution is -2.23. The van der Waals surface area contributed by atoms with Crippen molar-refractivity contribution in [3.8, 4) is 0 Å². The smallest absolute Gasteiger partial charge is 0.185 e. The molecule has 0 amide bonds. The van der Waals surface area contributed by atoms with Crippen molar-refractivity contribution in [1.29, 1.82) is 0 Å². The van der Waals surface area contributed by atoms with Gasteiger partial charge in [0.1, 0.15) is 0 Å². The van der Waals surface area contributed by atoms with Crippen LogP contribution in [0.2, 0.25) is 0 Å². The molecule has 0 bridgehead atoms. The second-order valence-electron chi connectivity index (χ2n) is 5.14. The molecule has 2 heterocycles. The lowest BCUT2D eigenvalue weighted by atomic mass is 10.2. The molecule has 1 aliphatic carbocycles. The minimum atomic E-state index is 0.164. The fraction of sp³-hybridized carbons (Fsp3) is 0.769. The average Bonchev–Trinajstić information content (AvgIpc) is 3.14.